The Morgan fingerprint density at radius 2 is 1.86 bits per heavy atom. The van der Waals surface area contributed by atoms with Crippen LogP contribution < -0.4 is 0 Å². The standard InChI is InChI=1S/C3H5O2S.Sn.H/c4-6(5)3-1-2-3;;/h3H,1-2H2;;. The van der Waals surface area contributed by atoms with Crippen LogP contribution in [0, 0.1) is 0 Å². The Labute approximate surface area is 54.8 Å². The van der Waals surface area contributed by atoms with Crippen LogP contribution >= 0.6 is 0 Å². The van der Waals surface area contributed by atoms with Crippen LogP contribution in [0.3, 0.4) is 0 Å². The fourth-order valence-corrected chi connectivity index (χ4v) is 3.52. The first-order valence-electron chi connectivity index (χ1n) is 2.12. The molecule has 0 aromatic carbocycles. The molecule has 1 rings (SSSR count). The van der Waals surface area contributed by atoms with Crippen molar-refractivity contribution in [3.8, 4) is 0 Å². The van der Waals surface area contributed by atoms with Crippen LogP contribution in [0.1, 0.15) is 12.8 Å². The molecule has 40 valence electrons. The molecule has 0 bridgehead atoms. The first-order chi connectivity index (χ1) is 3.11. The maximum absolute atomic E-state index is 10.5. The molecule has 0 atom stereocenters. The summed E-state index contributed by atoms with van der Waals surface area (Å²) in [6.07, 6.45) is 1.84. The van der Waals surface area contributed by atoms with Gasteiger partial charge in [-0.25, -0.2) is 0 Å². The van der Waals surface area contributed by atoms with Gasteiger partial charge in [-0.2, -0.15) is 0 Å². The molecule has 4 heteroatoms. The summed E-state index contributed by atoms with van der Waals surface area (Å²) in [6, 6.07) is 0. The molecule has 0 aromatic heterocycles. The van der Waals surface area contributed by atoms with Gasteiger partial charge < -0.3 is 0 Å². The quantitative estimate of drug-likeness (QED) is 0.557. The minimum atomic E-state index is -2.50. The van der Waals surface area contributed by atoms with E-state index in [4.69, 9.17) is 0 Å². The molecule has 7 heavy (non-hydrogen) atoms. The summed E-state index contributed by atoms with van der Waals surface area (Å²) in [5.41, 5.74) is 0. The van der Waals surface area contributed by atoms with Gasteiger partial charge in [0.15, 0.2) is 0 Å². The Bertz CT molecular complexity index is 156. The van der Waals surface area contributed by atoms with Crippen molar-refractivity contribution in [1.29, 1.82) is 0 Å². The van der Waals surface area contributed by atoms with Crippen LogP contribution in [0.5, 0.6) is 0 Å². The van der Waals surface area contributed by atoms with E-state index in [0.717, 1.165) is 12.8 Å². The fourth-order valence-electron chi connectivity index (χ4n) is 0.397. The Morgan fingerprint density at radius 1 is 1.43 bits per heavy atom. The van der Waals surface area contributed by atoms with Crippen molar-refractivity contribution < 1.29 is 8.42 Å². The molecule has 1 fully saturated rings. The van der Waals surface area contributed by atoms with Gasteiger partial charge in [0, 0.05) is 0 Å². The molecule has 1 saturated carbocycles. The maximum atomic E-state index is 10.5. The van der Waals surface area contributed by atoms with Crippen LogP contribution in [-0.2, 0) is 7.02 Å². The van der Waals surface area contributed by atoms with E-state index in [-0.39, 0.29) is 5.25 Å². The SMILES string of the molecule is O=[S](=O)([SnH])C1CC1. The summed E-state index contributed by atoms with van der Waals surface area (Å²) in [4.78, 5) is 0. The van der Waals surface area contributed by atoms with Crippen molar-refractivity contribution in [2.24, 2.45) is 0 Å². The van der Waals surface area contributed by atoms with Crippen LogP contribution in [-0.4, -0.2) is 34.8 Å². The molecule has 0 spiro atoms. The molecule has 2 nitrogen and oxygen atoms in total. The Balaban J connectivity index is 2.71. The average molecular weight is 225 g/mol. The Kier molecular flexibility index (Phi) is 1.36. The van der Waals surface area contributed by atoms with Crippen LogP contribution in [0.4, 0.5) is 0 Å². The first kappa shape index (κ1) is 5.88. The molecule has 0 aliphatic heterocycles. The molecule has 1 aliphatic carbocycles. The molecule has 0 aromatic rings. The summed E-state index contributed by atoms with van der Waals surface area (Å²) < 4.78 is 20.9. The van der Waals surface area contributed by atoms with E-state index >= 15 is 0 Å². The van der Waals surface area contributed by atoms with Gasteiger partial charge in [0.2, 0.25) is 0 Å². The van der Waals surface area contributed by atoms with Crippen molar-refractivity contribution in [2.45, 2.75) is 18.1 Å². The first-order valence-corrected chi connectivity index (χ1v) is 7.77. The van der Waals surface area contributed by atoms with Crippen LogP contribution in [0.2, 0.25) is 0 Å². The van der Waals surface area contributed by atoms with Gasteiger partial charge in [-0.1, -0.05) is 0 Å². The molecular formula is C3H6O2SSn. The van der Waals surface area contributed by atoms with Gasteiger partial charge in [-0.05, 0) is 0 Å². The zero-order chi connectivity index (χ0) is 5.49. The van der Waals surface area contributed by atoms with Gasteiger partial charge >= 0.3 is 54.7 Å². The molecule has 0 N–H and O–H groups in total. The minimum absolute atomic E-state index is 0.0786. The summed E-state index contributed by atoms with van der Waals surface area (Å²) in [7, 11) is -2.50. The molecular weight excluding hydrogens is 219 g/mol. The zero-order valence-electron chi connectivity index (χ0n) is 3.79. The Hall–Kier alpha value is 0.749. The van der Waals surface area contributed by atoms with E-state index in [2.05, 4.69) is 0 Å². The van der Waals surface area contributed by atoms with Gasteiger partial charge in [0.1, 0.15) is 0 Å². The van der Waals surface area contributed by atoms with Gasteiger partial charge in [-0.15, -0.1) is 0 Å². The van der Waals surface area contributed by atoms with E-state index in [1.54, 1.807) is 0 Å². The third-order valence-electron chi connectivity index (χ3n) is 0.989. The van der Waals surface area contributed by atoms with E-state index in [9.17, 15) is 8.42 Å². The molecule has 0 saturated heterocycles. The van der Waals surface area contributed by atoms with E-state index in [1.165, 1.54) is 0 Å². The normalized spacial score (nSPS) is 22.4. The topological polar surface area (TPSA) is 34.1 Å². The predicted molar refractivity (Wildman–Crippen MR) is 29.1 cm³/mol. The zero-order valence-corrected chi connectivity index (χ0v) is 7.91. The average Bonchev–Trinajstić information content (AvgIpc) is 1.99. The second-order valence-electron chi connectivity index (χ2n) is 1.79. The second kappa shape index (κ2) is 1.62. The van der Waals surface area contributed by atoms with E-state index in [1.807, 2.05) is 0 Å². The molecule has 1 aliphatic rings. The number of hydrogen-bond acceptors (Lipinski definition) is 2. The monoisotopic (exact) mass is 226 g/mol. The Morgan fingerprint density at radius 3 is 1.86 bits per heavy atom. The van der Waals surface area contributed by atoms with E-state index in [0.29, 0.717) is 21.1 Å². The summed E-state index contributed by atoms with van der Waals surface area (Å²) in [6.45, 7) is 0. The third kappa shape index (κ3) is 1.60. The van der Waals surface area contributed by atoms with Crippen molar-refractivity contribution >= 4 is 28.2 Å². The van der Waals surface area contributed by atoms with Gasteiger partial charge in [0.25, 0.3) is 0 Å². The fraction of sp³-hybridized carbons (Fsp3) is 1.00. The molecule has 0 unspecified atom stereocenters. The summed E-state index contributed by atoms with van der Waals surface area (Å²) >= 11 is 0.408. The van der Waals surface area contributed by atoms with Gasteiger partial charge in [-0.3, -0.25) is 0 Å². The van der Waals surface area contributed by atoms with Gasteiger partial charge in [0.05, 0.1) is 0 Å². The van der Waals surface area contributed by atoms with Crippen molar-refractivity contribution in [1.82, 2.24) is 0 Å². The molecule has 0 amide bonds. The van der Waals surface area contributed by atoms with Crippen LogP contribution in [0.25, 0.3) is 0 Å². The number of hydrogen-bond donors (Lipinski definition) is 0. The summed E-state index contributed by atoms with van der Waals surface area (Å²) in [5, 5.41) is 0.0786. The number of rotatable bonds is 1. The van der Waals surface area contributed by atoms with Crippen molar-refractivity contribution in [2.75, 3.05) is 0 Å². The summed E-state index contributed by atoms with van der Waals surface area (Å²) in [5.74, 6) is 0. The third-order valence-corrected chi connectivity index (χ3v) is 5.69. The van der Waals surface area contributed by atoms with E-state index < -0.39 is 7.02 Å². The van der Waals surface area contributed by atoms with Crippen molar-refractivity contribution in [3.63, 3.8) is 0 Å². The molecule has 0 heterocycles. The van der Waals surface area contributed by atoms with Crippen molar-refractivity contribution in [3.05, 3.63) is 0 Å². The molecule has 2 radical (unpaired) electrons. The second-order valence-corrected chi connectivity index (χ2v) is 9.26. The van der Waals surface area contributed by atoms with Crippen LogP contribution in [0.15, 0.2) is 0 Å². The predicted octanol–water partition coefficient (Wildman–Crippen LogP) is -0.621.